The van der Waals surface area contributed by atoms with Gasteiger partial charge in [0.1, 0.15) is 6.04 Å². The molecule has 0 aromatic carbocycles. The molecule has 2 N–H and O–H groups in total. The Hall–Kier alpha value is -1.56. The van der Waals surface area contributed by atoms with Crippen LogP contribution < -0.4 is 5.32 Å². The topological polar surface area (TPSA) is 69.6 Å². The van der Waals surface area contributed by atoms with E-state index in [9.17, 15) is 14.7 Å². The van der Waals surface area contributed by atoms with Gasteiger partial charge in [0.25, 0.3) is 0 Å². The van der Waals surface area contributed by atoms with Gasteiger partial charge in [-0.15, -0.1) is 11.3 Å². The van der Waals surface area contributed by atoms with Crippen LogP contribution in [0.3, 0.4) is 0 Å². The highest BCUT2D eigenvalue weighted by Gasteiger charge is 2.38. The van der Waals surface area contributed by atoms with Crippen LogP contribution in [0, 0.1) is 5.92 Å². The van der Waals surface area contributed by atoms with Crippen molar-refractivity contribution in [3.63, 3.8) is 0 Å². The summed E-state index contributed by atoms with van der Waals surface area (Å²) in [6.45, 7) is 4.37. The van der Waals surface area contributed by atoms with Crippen molar-refractivity contribution in [3.8, 4) is 0 Å². The first kappa shape index (κ1) is 14.8. The van der Waals surface area contributed by atoms with Gasteiger partial charge in [-0.05, 0) is 44.1 Å². The molecule has 6 heteroatoms. The number of amides is 2. The number of carboxylic acid groups (broad SMARTS) is 1. The molecule has 1 aliphatic carbocycles. The Morgan fingerprint density at radius 3 is 2.65 bits per heavy atom. The SMILES string of the molecule is CC(C)N(Cc1cccs1)C(=O)NC(C(=O)O)C1CC1. The number of nitrogens with zero attached hydrogens (tertiary/aromatic N) is 1. The molecule has 110 valence electrons. The average Bonchev–Trinajstić information content (AvgIpc) is 3.08. The van der Waals surface area contributed by atoms with Crippen molar-refractivity contribution < 1.29 is 14.7 Å². The van der Waals surface area contributed by atoms with Crippen LogP contribution in [0.5, 0.6) is 0 Å². The van der Waals surface area contributed by atoms with Crippen LogP contribution in [0.1, 0.15) is 31.6 Å². The largest absolute Gasteiger partial charge is 0.480 e. The Kier molecular flexibility index (Phi) is 4.65. The monoisotopic (exact) mass is 296 g/mol. The van der Waals surface area contributed by atoms with Gasteiger partial charge in [0.2, 0.25) is 0 Å². The normalized spacial score (nSPS) is 15.9. The summed E-state index contributed by atoms with van der Waals surface area (Å²) in [7, 11) is 0. The summed E-state index contributed by atoms with van der Waals surface area (Å²) in [4.78, 5) is 26.3. The number of carbonyl (C=O) groups excluding carboxylic acids is 1. The van der Waals surface area contributed by atoms with Crippen LogP contribution in [0.25, 0.3) is 0 Å². The van der Waals surface area contributed by atoms with Crippen molar-refractivity contribution in [2.24, 2.45) is 5.92 Å². The third kappa shape index (κ3) is 3.72. The van der Waals surface area contributed by atoms with Gasteiger partial charge < -0.3 is 15.3 Å². The summed E-state index contributed by atoms with van der Waals surface area (Å²) in [5, 5.41) is 13.8. The zero-order valence-corrected chi connectivity index (χ0v) is 12.5. The fraction of sp³-hybridized carbons (Fsp3) is 0.571. The molecule has 1 heterocycles. The predicted molar refractivity (Wildman–Crippen MR) is 77.7 cm³/mol. The van der Waals surface area contributed by atoms with Crippen molar-refractivity contribution in [1.29, 1.82) is 0 Å². The zero-order chi connectivity index (χ0) is 14.7. The predicted octanol–water partition coefficient (Wildman–Crippen LogP) is 2.53. The van der Waals surface area contributed by atoms with Gasteiger partial charge in [-0.25, -0.2) is 9.59 Å². The molecule has 1 unspecified atom stereocenters. The lowest BCUT2D eigenvalue weighted by Crippen LogP contribution is -2.50. The molecule has 2 rings (SSSR count). The van der Waals surface area contributed by atoms with Gasteiger partial charge in [-0.2, -0.15) is 0 Å². The molecule has 0 aliphatic heterocycles. The van der Waals surface area contributed by atoms with Gasteiger partial charge in [-0.1, -0.05) is 6.07 Å². The second-order valence-electron chi connectivity index (χ2n) is 5.40. The van der Waals surface area contributed by atoms with E-state index in [2.05, 4.69) is 5.32 Å². The maximum absolute atomic E-state index is 12.3. The standard InChI is InChI=1S/C14H20N2O3S/c1-9(2)16(8-11-4-3-7-20-11)14(19)15-12(13(17)18)10-5-6-10/h3-4,7,9-10,12H,5-6,8H2,1-2H3,(H,15,19)(H,17,18). The number of hydrogen-bond donors (Lipinski definition) is 2. The highest BCUT2D eigenvalue weighted by molar-refractivity contribution is 7.09. The molecule has 0 radical (unpaired) electrons. The molecule has 1 aromatic heterocycles. The number of rotatable bonds is 6. The van der Waals surface area contributed by atoms with E-state index in [0.29, 0.717) is 6.54 Å². The van der Waals surface area contributed by atoms with Gasteiger partial charge in [0.05, 0.1) is 6.54 Å². The van der Waals surface area contributed by atoms with E-state index in [1.54, 1.807) is 16.2 Å². The fourth-order valence-corrected chi connectivity index (χ4v) is 2.79. The van der Waals surface area contributed by atoms with Crippen LogP contribution in [0.15, 0.2) is 17.5 Å². The summed E-state index contributed by atoms with van der Waals surface area (Å²) in [5.41, 5.74) is 0. The van der Waals surface area contributed by atoms with Crippen LogP contribution >= 0.6 is 11.3 Å². The summed E-state index contributed by atoms with van der Waals surface area (Å²) in [6.07, 6.45) is 1.76. The Labute approximate surface area is 122 Å². The summed E-state index contributed by atoms with van der Waals surface area (Å²) in [5.74, 6) is -0.854. The second kappa shape index (κ2) is 6.26. The van der Waals surface area contributed by atoms with Crippen LogP contribution in [-0.2, 0) is 11.3 Å². The lowest BCUT2D eigenvalue weighted by atomic mass is 10.2. The number of nitrogens with one attached hydrogen (secondary N) is 1. The molecular formula is C14H20N2O3S. The lowest BCUT2D eigenvalue weighted by Gasteiger charge is -2.28. The zero-order valence-electron chi connectivity index (χ0n) is 11.7. The molecule has 0 spiro atoms. The van der Waals surface area contributed by atoms with Gasteiger partial charge in [-0.3, -0.25) is 0 Å². The quantitative estimate of drug-likeness (QED) is 0.847. The van der Waals surface area contributed by atoms with Crippen molar-refractivity contribution in [2.45, 2.75) is 45.3 Å². The molecule has 1 aromatic rings. The highest BCUT2D eigenvalue weighted by atomic mass is 32.1. The van der Waals surface area contributed by atoms with Gasteiger partial charge in [0, 0.05) is 10.9 Å². The number of carboxylic acids is 1. The second-order valence-corrected chi connectivity index (χ2v) is 6.44. The first-order chi connectivity index (χ1) is 9.49. The number of urea groups is 1. The molecule has 1 saturated carbocycles. The van der Waals surface area contributed by atoms with Crippen molar-refractivity contribution in [1.82, 2.24) is 10.2 Å². The highest BCUT2D eigenvalue weighted by Crippen LogP contribution is 2.32. The van der Waals surface area contributed by atoms with Gasteiger partial charge in [0.15, 0.2) is 0 Å². The molecule has 1 atom stereocenters. The molecule has 5 nitrogen and oxygen atoms in total. The lowest BCUT2D eigenvalue weighted by molar-refractivity contribution is -0.139. The maximum Gasteiger partial charge on any atom is 0.326 e. The molecular weight excluding hydrogens is 276 g/mol. The average molecular weight is 296 g/mol. The molecule has 0 bridgehead atoms. The van der Waals surface area contributed by atoms with Crippen LogP contribution in [-0.4, -0.2) is 34.1 Å². The van der Waals surface area contributed by atoms with Crippen LogP contribution in [0.2, 0.25) is 0 Å². The Balaban J connectivity index is 2.01. The number of carbonyl (C=O) groups is 2. The summed E-state index contributed by atoms with van der Waals surface area (Å²) in [6, 6.07) is 2.88. The van der Waals surface area contributed by atoms with E-state index in [0.717, 1.165) is 17.7 Å². The maximum atomic E-state index is 12.3. The summed E-state index contributed by atoms with van der Waals surface area (Å²) < 4.78 is 0. The third-order valence-electron chi connectivity index (χ3n) is 3.43. The molecule has 0 saturated heterocycles. The smallest absolute Gasteiger partial charge is 0.326 e. The molecule has 1 aliphatic rings. The Morgan fingerprint density at radius 1 is 1.50 bits per heavy atom. The fourth-order valence-electron chi connectivity index (χ4n) is 2.09. The van der Waals surface area contributed by atoms with E-state index < -0.39 is 12.0 Å². The van der Waals surface area contributed by atoms with E-state index in [-0.39, 0.29) is 18.0 Å². The Morgan fingerprint density at radius 2 is 2.20 bits per heavy atom. The summed E-state index contributed by atoms with van der Waals surface area (Å²) >= 11 is 1.59. The van der Waals surface area contributed by atoms with E-state index in [1.807, 2.05) is 31.4 Å². The molecule has 1 fully saturated rings. The number of hydrogen-bond acceptors (Lipinski definition) is 3. The van der Waals surface area contributed by atoms with Crippen LogP contribution in [0.4, 0.5) is 4.79 Å². The number of thiophene rings is 1. The third-order valence-corrected chi connectivity index (χ3v) is 4.29. The number of aliphatic carboxylic acids is 1. The Bertz CT molecular complexity index is 469. The molecule has 2 amide bonds. The van der Waals surface area contributed by atoms with Gasteiger partial charge >= 0.3 is 12.0 Å². The van der Waals surface area contributed by atoms with E-state index in [1.165, 1.54) is 0 Å². The van der Waals surface area contributed by atoms with Crippen molar-refractivity contribution in [3.05, 3.63) is 22.4 Å². The van der Waals surface area contributed by atoms with Crippen molar-refractivity contribution >= 4 is 23.3 Å². The first-order valence-electron chi connectivity index (χ1n) is 6.81. The van der Waals surface area contributed by atoms with Crippen molar-refractivity contribution in [2.75, 3.05) is 0 Å². The molecule has 20 heavy (non-hydrogen) atoms. The minimum Gasteiger partial charge on any atom is -0.480 e. The van der Waals surface area contributed by atoms with E-state index >= 15 is 0 Å². The minimum absolute atomic E-state index is 0.0192. The first-order valence-corrected chi connectivity index (χ1v) is 7.69. The minimum atomic E-state index is -0.944. The van der Waals surface area contributed by atoms with E-state index in [4.69, 9.17) is 0 Å².